The molecule has 0 spiro atoms. The highest BCUT2D eigenvalue weighted by molar-refractivity contribution is 7.17. The second kappa shape index (κ2) is 7.81. The van der Waals surface area contributed by atoms with Crippen LogP contribution in [0.15, 0.2) is 60.7 Å². The molecule has 0 fully saturated rings. The van der Waals surface area contributed by atoms with Gasteiger partial charge in [-0.3, -0.25) is 25.4 Å². The van der Waals surface area contributed by atoms with Crippen LogP contribution in [0.25, 0.3) is 21.5 Å². The normalized spacial score (nSPS) is 10.7. The van der Waals surface area contributed by atoms with Crippen LogP contribution in [0.4, 0.5) is 0 Å². The van der Waals surface area contributed by atoms with E-state index in [0.29, 0.717) is 16.1 Å². The molecule has 4 rings (SSSR count). The number of para-hydroxylation sites is 1. The van der Waals surface area contributed by atoms with Gasteiger partial charge in [-0.15, -0.1) is 11.3 Å². The largest absolute Gasteiger partial charge is 0.281 e. The first kappa shape index (κ1) is 18.8. The van der Waals surface area contributed by atoms with Crippen molar-refractivity contribution in [3.63, 3.8) is 0 Å². The molecule has 0 bridgehead atoms. The van der Waals surface area contributed by atoms with E-state index in [2.05, 4.69) is 20.8 Å². The van der Waals surface area contributed by atoms with Crippen LogP contribution in [-0.4, -0.2) is 21.8 Å². The number of hydrazine groups is 1. The van der Waals surface area contributed by atoms with Crippen molar-refractivity contribution in [3.8, 4) is 10.6 Å². The fourth-order valence-corrected chi connectivity index (χ4v) is 4.01. The van der Waals surface area contributed by atoms with Crippen molar-refractivity contribution in [2.24, 2.45) is 0 Å². The Morgan fingerprint density at radius 1 is 0.862 bits per heavy atom. The Morgan fingerprint density at radius 2 is 1.55 bits per heavy atom. The summed E-state index contributed by atoms with van der Waals surface area (Å²) in [6, 6.07) is 18.8. The quantitative estimate of drug-likeness (QED) is 0.507. The van der Waals surface area contributed by atoms with Gasteiger partial charge in [0, 0.05) is 16.6 Å². The molecule has 4 aromatic rings. The highest BCUT2D eigenvalue weighted by Gasteiger charge is 2.18. The molecular weight excluding hydrogens is 384 g/mol. The highest BCUT2D eigenvalue weighted by atomic mass is 32.1. The lowest BCUT2D eigenvalue weighted by molar-refractivity contribution is 0.0849. The van der Waals surface area contributed by atoms with Gasteiger partial charge in [0.2, 0.25) is 0 Å². The summed E-state index contributed by atoms with van der Waals surface area (Å²) in [4.78, 5) is 34.7. The number of nitrogens with zero attached hydrogens (tertiary/aromatic N) is 2. The topological polar surface area (TPSA) is 84.0 Å². The van der Waals surface area contributed by atoms with Crippen molar-refractivity contribution in [3.05, 3.63) is 82.5 Å². The van der Waals surface area contributed by atoms with Gasteiger partial charge in [0.25, 0.3) is 11.8 Å². The minimum atomic E-state index is -0.398. The number of pyridine rings is 1. The Labute approximate surface area is 171 Å². The second-order valence-electron chi connectivity index (χ2n) is 6.54. The van der Waals surface area contributed by atoms with Crippen molar-refractivity contribution in [1.82, 2.24) is 20.8 Å². The first-order valence-corrected chi connectivity index (χ1v) is 9.84. The average Bonchev–Trinajstić information content (AvgIpc) is 3.13. The number of fused-ring (bicyclic) bond motifs is 1. The number of carbonyl (C=O) groups excluding carboxylic acids is 2. The van der Waals surface area contributed by atoms with Crippen molar-refractivity contribution in [2.75, 3.05) is 0 Å². The van der Waals surface area contributed by atoms with Gasteiger partial charge in [-0.05, 0) is 26.0 Å². The minimum Gasteiger partial charge on any atom is -0.267 e. The van der Waals surface area contributed by atoms with E-state index in [0.717, 1.165) is 27.2 Å². The lowest BCUT2D eigenvalue weighted by atomic mass is 10.1. The summed E-state index contributed by atoms with van der Waals surface area (Å²) in [5.74, 6) is -0.795. The first-order chi connectivity index (χ1) is 14.0. The third kappa shape index (κ3) is 3.86. The van der Waals surface area contributed by atoms with Crippen molar-refractivity contribution >= 4 is 34.1 Å². The molecule has 0 aliphatic rings. The number of thiazole rings is 1. The van der Waals surface area contributed by atoms with Gasteiger partial charge >= 0.3 is 0 Å². The Hall–Kier alpha value is -3.58. The van der Waals surface area contributed by atoms with Crippen molar-refractivity contribution in [1.29, 1.82) is 0 Å². The van der Waals surface area contributed by atoms with Gasteiger partial charge in [0.1, 0.15) is 9.88 Å². The number of aryl methyl sites for hydroxylation is 2. The maximum absolute atomic E-state index is 12.7. The molecule has 2 amide bonds. The van der Waals surface area contributed by atoms with Crippen LogP contribution in [-0.2, 0) is 0 Å². The van der Waals surface area contributed by atoms with Crippen LogP contribution in [0.1, 0.15) is 31.4 Å². The summed E-state index contributed by atoms with van der Waals surface area (Å²) in [7, 11) is 0. The maximum atomic E-state index is 12.7. The number of benzene rings is 2. The number of hydrogen-bond donors (Lipinski definition) is 2. The van der Waals surface area contributed by atoms with E-state index >= 15 is 0 Å². The van der Waals surface area contributed by atoms with E-state index in [4.69, 9.17) is 0 Å². The van der Waals surface area contributed by atoms with E-state index in [1.165, 1.54) is 11.3 Å². The summed E-state index contributed by atoms with van der Waals surface area (Å²) >= 11 is 1.29. The zero-order valence-electron chi connectivity index (χ0n) is 15.9. The molecule has 6 nitrogen and oxygen atoms in total. The lowest BCUT2D eigenvalue weighted by Crippen LogP contribution is -2.41. The summed E-state index contributed by atoms with van der Waals surface area (Å²) in [5.41, 5.74) is 8.48. The van der Waals surface area contributed by atoms with E-state index < -0.39 is 11.8 Å². The smallest absolute Gasteiger partial charge is 0.267 e. The number of hydrogen-bond acceptors (Lipinski definition) is 5. The number of carbonyl (C=O) groups is 2. The highest BCUT2D eigenvalue weighted by Crippen LogP contribution is 2.27. The monoisotopic (exact) mass is 402 g/mol. The molecule has 0 aliphatic heterocycles. The fraction of sp³-hybridized carbons (Fsp3) is 0.0909. The molecule has 0 saturated heterocycles. The Morgan fingerprint density at radius 3 is 2.34 bits per heavy atom. The minimum absolute atomic E-state index is 0.398. The number of amides is 2. The third-order valence-electron chi connectivity index (χ3n) is 4.40. The Balaban J connectivity index is 1.52. The molecule has 7 heteroatoms. The molecule has 0 radical (unpaired) electrons. The van der Waals surface area contributed by atoms with Gasteiger partial charge in [0.05, 0.1) is 16.8 Å². The number of rotatable bonds is 3. The molecule has 2 N–H and O–H groups in total. The summed E-state index contributed by atoms with van der Waals surface area (Å²) in [6.45, 7) is 3.60. The third-order valence-corrected chi connectivity index (χ3v) is 5.61. The molecule has 0 atom stereocenters. The molecule has 2 aromatic heterocycles. The van der Waals surface area contributed by atoms with Gasteiger partial charge in [-0.25, -0.2) is 4.98 Å². The van der Waals surface area contributed by atoms with E-state index in [9.17, 15) is 9.59 Å². The van der Waals surface area contributed by atoms with Crippen LogP contribution in [0.5, 0.6) is 0 Å². The van der Waals surface area contributed by atoms with Crippen LogP contribution in [0.2, 0.25) is 0 Å². The predicted octanol–water partition coefficient (Wildman–Crippen LogP) is 4.05. The molecule has 144 valence electrons. The number of nitrogens with one attached hydrogen (secondary N) is 2. The Bertz CT molecular complexity index is 1220. The van der Waals surface area contributed by atoms with E-state index in [1.807, 2.05) is 61.5 Å². The molecule has 0 unspecified atom stereocenters. The molecular formula is C22H18N4O2S. The SMILES string of the molecule is Cc1cc(C(=O)NNC(=O)c2sc(-c3ccccc3)nc2C)c2ccccc2n1. The molecule has 0 saturated carbocycles. The molecule has 29 heavy (non-hydrogen) atoms. The predicted molar refractivity (Wildman–Crippen MR) is 114 cm³/mol. The zero-order chi connectivity index (χ0) is 20.4. The van der Waals surface area contributed by atoms with Crippen molar-refractivity contribution in [2.45, 2.75) is 13.8 Å². The first-order valence-electron chi connectivity index (χ1n) is 9.03. The summed E-state index contributed by atoms with van der Waals surface area (Å²) in [6.07, 6.45) is 0. The lowest BCUT2D eigenvalue weighted by Gasteiger charge is -2.09. The van der Waals surface area contributed by atoms with Gasteiger partial charge in [-0.1, -0.05) is 48.5 Å². The molecule has 0 aliphatic carbocycles. The fourth-order valence-electron chi connectivity index (χ4n) is 3.04. The van der Waals surface area contributed by atoms with Crippen LogP contribution in [0, 0.1) is 13.8 Å². The van der Waals surface area contributed by atoms with E-state index in [1.54, 1.807) is 13.0 Å². The van der Waals surface area contributed by atoms with Gasteiger partial charge < -0.3 is 0 Å². The average molecular weight is 402 g/mol. The van der Waals surface area contributed by atoms with Crippen molar-refractivity contribution < 1.29 is 9.59 Å². The second-order valence-corrected chi connectivity index (χ2v) is 7.54. The van der Waals surface area contributed by atoms with Crippen LogP contribution in [0.3, 0.4) is 0 Å². The molecule has 2 aromatic carbocycles. The summed E-state index contributed by atoms with van der Waals surface area (Å²) in [5, 5.41) is 1.49. The standard InChI is InChI=1S/C22H18N4O2S/c1-13-12-17(16-10-6-7-11-18(16)23-13)20(27)25-26-21(28)19-14(2)24-22(29-19)15-8-4-3-5-9-15/h3-12H,1-2H3,(H,25,27)(H,26,28). The van der Waals surface area contributed by atoms with Gasteiger partial charge in [0.15, 0.2) is 0 Å². The number of aromatic nitrogens is 2. The van der Waals surface area contributed by atoms with Crippen LogP contribution < -0.4 is 10.9 Å². The Kier molecular flexibility index (Phi) is 5.05. The maximum Gasteiger partial charge on any atom is 0.281 e. The van der Waals surface area contributed by atoms with E-state index in [-0.39, 0.29) is 0 Å². The van der Waals surface area contributed by atoms with Gasteiger partial charge in [-0.2, -0.15) is 0 Å². The van der Waals surface area contributed by atoms with Crippen LogP contribution >= 0.6 is 11.3 Å². The zero-order valence-corrected chi connectivity index (χ0v) is 16.7. The summed E-state index contributed by atoms with van der Waals surface area (Å²) < 4.78 is 0. The molecule has 2 heterocycles.